The van der Waals surface area contributed by atoms with Crippen molar-refractivity contribution in [1.82, 2.24) is 20.3 Å². The van der Waals surface area contributed by atoms with Gasteiger partial charge in [-0.15, -0.1) is 11.3 Å². The fraction of sp³-hybridized carbons (Fsp3) is 0.235. The third-order valence-electron chi connectivity index (χ3n) is 7.63. The topological polar surface area (TPSA) is 139 Å². The zero-order valence-electron chi connectivity index (χ0n) is 24.8. The lowest BCUT2D eigenvalue weighted by atomic mass is 9.71. The Hall–Kier alpha value is -4.96. The van der Waals surface area contributed by atoms with Crippen molar-refractivity contribution in [2.45, 2.75) is 51.2 Å². The van der Waals surface area contributed by atoms with Crippen LogP contribution in [0.3, 0.4) is 0 Å². The molecule has 0 spiro atoms. The largest absolute Gasteiger partial charge is 0.444 e. The van der Waals surface area contributed by atoms with Crippen LogP contribution in [-0.4, -0.2) is 38.3 Å². The standard InChI is InChI=1S/C34H33N7O2S/c1-33(2,3)43-32(42)41-34(15-7-16-34)23-12-10-22(11-13-23)28-24(21-8-5-4-6-9-21)18-25-26(39-28)14-17-38-29(25)31(36)40-30(35)27-19-37-20-44-27/h4-6,8-14,17-20H,7,15-16H2,1-3H3,(H,41,42)(H3,35,36,40). The molecule has 4 N–H and O–H groups in total. The minimum atomic E-state index is -0.567. The van der Waals surface area contributed by atoms with Gasteiger partial charge in [0.2, 0.25) is 0 Å². The van der Waals surface area contributed by atoms with Crippen LogP contribution in [0.15, 0.2) is 89.6 Å². The van der Waals surface area contributed by atoms with Gasteiger partial charge in [-0.2, -0.15) is 0 Å². The van der Waals surface area contributed by atoms with Crippen molar-refractivity contribution in [3.63, 3.8) is 0 Å². The van der Waals surface area contributed by atoms with Crippen LogP contribution in [0, 0.1) is 5.41 Å². The number of aliphatic imine (C=N–C) groups is 1. The fourth-order valence-corrected chi connectivity index (χ4v) is 5.90. The van der Waals surface area contributed by atoms with Crippen LogP contribution in [0.2, 0.25) is 0 Å². The highest BCUT2D eigenvalue weighted by atomic mass is 32.1. The van der Waals surface area contributed by atoms with Crippen molar-refractivity contribution in [3.05, 3.63) is 101 Å². The summed E-state index contributed by atoms with van der Waals surface area (Å²) < 4.78 is 5.56. The molecule has 9 nitrogen and oxygen atoms in total. The maximum Gasteiger partial charge on any atom is 0.408 e. The molecule has 1 amide bonds. The van der Waals surface area contributed by atoms with Crippen LogP contribution in [-0.2, 0) is 10.3 Å². The second-order valence-corrected chi connectivity index (χ2v) is 12.7. The van der Waals surface area contributed by atoms with Gasteiger partial charge in [-0.05, 0) is 63.3 Å². The van der Waals surface area contributed by atoms with E-state index in [1.165, 1.54) is 11.3 Å². The lowest BCUT2D eigenvalue weighted by Crippen LogP contribution is -2.52. The normalized spacial score (nSPS) is 14.6. The zero-order valence-corrected chi connectivity index (χ0v) is 25.6. The first-order valence-corrected chi connectivity index (χ1v) is 15.3. The number of amides is 1. The number of carbonyl (C=O) groups excluding carboxylic acids is 1. The lowest BCUT2D eigenvalue weighted by molar-refractivity contribution is 0.0377. The van der Waals surface area contributed by atoms with Crippen LogP contribution in [0.4, 0.5) is 4.79 Å². The molecule has 222 valence electrons. The Balaban J connectivity index is 1.39. The summed E-state index contributed by atoms with van der Waals surface area (Å²) in [5.74, 6) is 0.164. The molecule has 6 rings (SSSR count). The Kier molecular flexibility index (Phi) is 7.69. The number of carbonyl (C=O) groups is 1. The molecule has 1 saturated carbocycles. The van der Waals surface area contributed by atoms with Gasteiger partial charge in [0.1, 0.15) is 17.1 Å². The summed E-state index contributed by atoms with van der Waals surface area (Å²) in [6.45, 7) is 5.59. The summed E-state index contributed by atoms with van der Waals surface area (Å²) in [4.78, 5) is 31.3. The van der Waals surface area contributed by atoms with Crippen molar-refractivity contribution < 1.29 is 9.53 Å². The van der Waals surface area contributed by atoms with E-state index in [0.29, 0.717) is 21.5 Å². The molecule has 44 heavy (non-hydrogen) atoms. The number of amidine groups is 2. The summed E-state index contributed by atoms with van der Waals surface area (Å²) in [5.41, 5.74) is 12.6. The predicted octanol–water partition coefficient (Wildman–Crippen LogP) is 7.06. The number of nitrogens with two attached hydrogens (primary N) is 1. The number of nitrogens with one attached hydrogen (secondary N) is 2. The van der Waals surface area contributed by atoms with E-state index in [0.717, 1.165) is 47.2 Å². The van der Waals surface area contributed by atoms with Crippen molar-refractivity contribution in [2.24, 2.45) is 10.7 Å². The van der Waals surface area contributed by atoms with Crippen LogP contribution in [0.5, 0.6) is 0 Å². The van der Waals surface area contributed by atoms with Gasteiger partial charge in [0.25, 0.3) is 0 Å². The van der Waals surface area contributed by atoms with Gasteiger partial charge in [-0.3, -0.25) is 15.4 Å². The van der Waals surface area contributed by atoms with E-state index in [-0.39, 0.29) is 11.7 Å². The average molecular weight is 604 g/mol. The molecule has 1 aliphatic carbocycles. The molecule has 0 unspecified atom stereocenters. The van der Waals surface area contributed by atoms with Gasteiger partial charge in [-0.1, -0.05) is 54.6 Å². The lowest BCUT2D eigenvalue weighted by Gasteiger charge is -2.43. The third kappa shape index (κ3) is 5.93. The van der Waals surface area contributed by atoms with Crippen LogP contribution in [0.1, 0.15) is 56.2 Å². The van der Waals surface area contributed by atoms with E-state index in [1.54, 1.807) is 17.9 Å². The van der Waals surface area contributed by atoms with Gasteiger partial charge in [0.15, 0.2) is 5.84 Å². The SMILES string of the molecule is CC(C)(C)OC(=O)NC1(c2ccc(-c3nc4ccnc(C(=N)N=C(N)c5cncs5)c4cc3-c3ccccc3)cc2)CCC1. The fourth-order valence-electron chi connectivity index (χ4n) is 5.38. The molecule has 3 heterocycles. The van der Waals surface area contributed by atoms with Gasteiger partial charge in [0.05, 0.1) is 27.1 Å². The molecule has 10 heteroatoms. The van der Waals surface area contributed by atoms with Crippen molar-refractivity contribution >= 4 is 40.0 Å². The number of hydrogen-bond acceptors (Lipinski definition) is 7. The summed E-state index contributed by atoms with van der Waals surface area (Å²) >= 11 is 1.36. The van der Waals surface area contributed by atoms with Gasteiger partial charge < -0.3 is 15.8 Å². The first-order chi connectivity index (χ1) is 21.1. The van der Waals surface area contributed by atoms with E-state index in [2.05, 4.69) is 44.5 Å². The molecule has 5 aromatic rings. The second-order valence-electron chi connectivity index (χ2n) is 11.8. The smallest absolute Gasteiger partial charge is 0.408 e. The molecular weight excluding hydrogens is 570 g/mol. The first-order valence-electron chi connectivity index (χ1n) is 14.4. The molecule has 0 saturated heterocycles. The first kappa shape index (κ1) is 29.1. The summed E-state index contributed by atoms with van der Waals surface area (Å²) in [6, 6.07) is 22.1. The maximum atomic E-state index is 12.7. The number of nitrogens with zero attached hydrogens (tertiary/aromatic N) is 4. The molecule has 1 fully saturated rings. The molecule has 2 aromatic carbocycles. The Bertz CT molecular complexity index is 1860. The number of hydrogen-bond donors (Lipinski definition) is 3. The number of alkyl carbamates (subject to hydrolysis) is 1. The molecule has 0 aliphatic heterocycles. The summed E-state index contributed by atoms with van der Waals surface area (Å²) in [5, 5.41) is 12.6. The van der Waals surface area contributed by atoms with E-state index in [4.69, 9.17) is 20.9 Å². The minimum absolute atomic E-state index is 0.0531. The molecular formula is C34H33N7O2S. The number of aromatic nitrogens is 3. The van der Waals surface area contributed by atoms with E-state index >= 15 is 0 Å². The highest BCUT2D eigenvalue weighted by Gasteiger charge is 2.41. The van der Waals surface area contributed by atoms with Crippen molar-refractivity contribution in [2.75, 3.05) is 0 Å². The number of benzene rings is 2. The third-order valence-corrected chi connectivity index (χ3v) is 8.42. The maximum absolute atomic E-state index is 12.7. The molecule has 3 aromatic heterocycles. The Morgan fingerprint density at radius 2 is 1.82 bits per heavy atom. The number of thiazole rings is 1. The zero-order chi connectivity index (χ0) is 30.9. The highest BCUT2D eigenvalue weighted by Crippen LogP contribution is 2.42. The van der Waals surface area contributed by atoms with Crippen LogP contribution >= 0.6 is 11.3 Å². The number of fused-ring (bicyclic) bond motifs is 1. The van der Waals surface area contributed by atoms with Crippen molar-refractivity contribution in [1.29, 1.82) is 5.41 Å². The summed E-state index contributed by atoms with van der Waals surface area (Å²) in [7, 11) is 0. The number of ether oxygens (including phenoxy) is 1. The second kappa shape index (κ2) is 11.6. The molecule has 1 aliphatic rings. The van der Waals surface area contributed by atoms with E-state index in [1.807, 2.05) is 63.2 Å². The Labute approximate surface area is 259 Å². The monoisotopic (exact) mass is 603 g/mol. The van der Waals surface area contributed by atoms with Crippen molar-refractivity contribution in [3.8, 4) is 22.4 Å². The Morgan fingerprint density at radius 3 is 2.45 bits per heavy atom. The number of pyridine rings is 2. The van der Waals surface area contributed by atoms with Gasteiger partial charge in [0, 0.05) is 28.9 Å². The predicted molar refractivity (Wildman–Crippen MR) is 175 cm³/mol. The highest BCUT2D eigenvalue weighted by molar-refractivity contribution is 7.11. The molecule has 0 atom stereocenters. The van der Waals surface area contributed by atoms with Gasteiger partial charge in [-0.25, -0.2) is 14.8 Å². The Morgan fingerprint density at radius 1 is 1.07 bits per heavy atom. The van der Waals surface area contributed by atoms with Crippen LogP contribution in [0.25, 0.3) is 33.3 Å². The van der Waals surface area contributed by atoms with E-state index < -0.39 is 17.2 Å². The van der Waals surface area contributed by atoms with Gasteiger partial charge >= 0.3 is 6.09 Å². The molecule has 0 radical (unpaired) electrons. The van der Waals surface area contributed by atoms with Crippen LogP contribution < -0.4 is 11.1 Å². The van der Waals surface area contributed by atoms with E-state index in [9.17, 15) is 4.79 Å². The number of rotatable bonds is 6. The molecule has 0 bridgehead atoms. The minimum Gasteiger partial charge on any atom is -0.444 e. The summed E-state index contributed by atoms with van der Waals surface area (Å²) in [6.07, 6.45) is 5.60. The quantitative estimate of drug-likeness (QED) is 0.140. The average Bonchev–Trinajstić information content (AvgIpc) is 3.53.